The zero-order valence-electron chi connectivity index (χ0n) is 10.2. The molecule has 0 atom stereocenters. The zero-order chi connectivity index (χ0) is 15.0. The van der Waals surface area contributed by atoms with Gasteiger partial charge in [0.25, 0.3) is 0 Å². The van der Waals surface area contributed by atoms with Gasteiger partial charge in [-0.3, -0.25) is 10.1 Å². The lowest BCUT2D eigenvalue weighted by Gasteiger charge is -2.03. The topological polar surface area (TPSA) is 93.9 Å². The number of rotatable bonds is 3. The molecule has 0 radical (unpaired) electrons. The first kappa shape index (κ1) is 12.9. The quantitative estimate of drug-likeness (QED) is 0.591. The van der Waals surface area contributed by atoms with Crippen LogP contribution in [-0.4, -0.2) is 19.9 Å². The van der Waals surface area contributed by atoms with Gasteiger partial charge in [0.1, 0.15) is 17.4 Å². The van der Waals surface area contributed by atoms with Crippen molar-refractivity contribution >= 4 is 16.7 Å². The maximum atomic E-state index is 13.0. The van der Waals surface area contributed by atoms with E-state index < -0.39 is 16.6 Å². The molecule has 9 heteroatoms. The van der Waals surface area contributed by atoms with Crippen molar-refractivity contribution in [2.24, 2.45) is 0 Å². The van der Waals surface area contributed by atoms with Gasteiger partial charge in [-0.1, -0.05) is 0 Å². The van der Waals surface area contributed by atoms with Crippen molar-refractivity contribution in [2.45, 2.75) is 0 Å². The fraction of sp³-hybridized carbons (Fsp3) is 0. The molecule has 1 aromatic carbocycles. The van der Waals surface area contributed by atoms with Crippen LogP contribution in [0.3, 0.4) is 0 Å². The SMILES string of the molecule is O=[N+]([O-])c1c[nH]c2cnc(Oc3cc(F)cc(F)c3)nc12. The predicted octanol–water partition coefficient (Wildman–Crippen LogP) is 2.94. The first-order chi connectivity index (χ1) is 10.0. The first-order valence-electron chi connectivity index (χ1n) is 5.65. The Bertz CT molecular complexity index is 829. The monoisotopic (exact) mass is 292 g/mol. The van der Waals surface area contributed by atoms with Gasteiger partial charge in [-0.25, -0.2) is 13.8 Å². The molecular weight excluding hydrogens is 286 g/mol. The molecular formula is C12H6F2N4O3. The number of halogens is 2. The van der Waals surface area contributed by atoms with Crippen LogP contribution in [-0.2, 0) is 0 Å². The highest BCUT2D eigenvalue weighted by molar-refractivity contribution is 5.84. The number of H-pyrrole nitrogens is 1. The summed E-state index contributed by atoms with van der Waals surface area (Å²) >= 11 is 0. The average molecular weight is 292 g/mol. The van der Waals surface area contributed by atoms with E-state index in [0.29, 0.717) is 11.6 Å². The summed E-state index contributed by atoms with van der Waals surface area (Å²) in [7, 11) is 0. The Morgan fingerprint density at radius 3 is 2.62 bits per heavy atom. The van der Waals surface area contributed by atoms with Gasteiger partial charge in [-0.05, 0) is 0 Å². The highest BCUT2D eigenvalue weighted by atomic mass is 19.1. The van der Waals surface area contributed by atoms with Crippen LogP contribution in [0.15, 0.2) is 30.6 Å². The second-order valence-electron chi connectivity index (χ2n) is 4.05. The fourth-order valence-electron chi connectivity index (χ4n) is 1.76. The molecule has 0 unspecified atom stereocenters. The van der Waals surface area contributed by atoms with Crippen molar-refractivity contribution in [1.82, 2.24) is 15.0 Å². The summed E-state index contributed by atoms with van der Waals surface area (Å²) in [5.74, 6) is -1.79. The van der Waals surface area contributed by atoms with E-state index in [9.17, 15) is 18.9 Å². The third-order valence-electron chi connectivity index (χ3n) is 2.62. The third-order valence-corrected chi connectivity index (χ3v) is 2.62. The molecule has 0 aliphatic heterocycles. The second kappa shape index (κ2) is 4.78. The highest BCUT2D eigenvalue weighted by Crippen LogP contribution is 2.26. The smallest absolute Gasteiger partial charge is 0.322 e. The maximum Gasteiger partial charge on any atom is 0.322 e. The van der Waals surface area contributed by atoms with E-state index in [-0.39, 0.29) is 23.0 Å². The van der Waals surface area contributed by atoms with E-state index in [4.69, 9.17) is 4.74 Å². The van der Waals surface area contributed by atoms with Crippen LogP contribution in [0.25, 0.3) is 11.0 Å². The molecule has 0 fully saturated rings. The number of nitro groups is 1. The minimum absolute atomic E-state index is 0.0434. The number of hydrogen-bond acceptors (Lipinski definition) is 5. The van der Waals surface area contributed by atoms with Crippen molar-refractivity contribution in [3.8, 4) is 11.8 Å². The predicted molar refractivity (Wildman–Crippen MR) is 67.0 cm³/mol. The van der Waals surface area contributed by atoms with Gasteiger partial charge in [0.2, 0.25) is 0 Å². The van der Waals surface area contributed by atoms with E-state index in [1.807, 2.05) is 0 Å². The molecule has 0 aliphatic carbocycles. The minimum Gasteiger partial charge on any atom is -0.424 e. The number of hydrogen-bond donors (Lipinski definition) is 1. The lowest BCUT2D eigenvalue weighted by atomic mass is 10.3. The van der Waals surface area contributed by atoms with E-state index >= 15 is 0 Å². The molecule has 7 nitrogen and oxygen atoms in total. The molecule has 1 N–H and O–H groups in total. The van der Waals surface area contributed by atoms with Crippen LogP contribution in [0.1, 0.15) is 0 Å². The molecule has 0 bridgehead atoms. The standard InChI is InChI=1S/C12H6F2N4O3/c13-6-1-7(14)3-8(2-6)21-12-16-4-9-11(17-12)10(5-15-9)18(19)20/h1-5,15H. The number of nitrogens with one attached hydrogen (secondary N) is 1. The zero-order valence-corrected chi connectivity index (χ0v) is 10.2. The van der Waals surface area contributed by atoms with Crippen molar-refractivity contribution in [3.05, 3.63) is 52.3 Å². The van der Waals surface area contributed by atoms with Crippen LogP contribution in [0.5, 0.6) is 11.8 Å². The Balaban J connectivity index is 2.00. The lowest BCUT2D eigenvalue weighted by Crippen LogP contribution is -1.94. The molecule has 0 spiro atoms. The number of aromatic amines is 1. The second-order valence-corrected chi connectivity index (χ2v) is 4.05. The molecule has 3 aromatic rings. The molecule has 0 saturated carbocycles. The largest absolute Gasteiger partial charge is 0.424 e. The van der Waals surface area contributed by atoms with Crippen molar-refractivity contribution in [1.29, 1.82) is 0 Å². The van der Waals surface area contributed by atoms with Gasteiger partial charge in [0, 0.05) is 18.2 Å². The fourth-order valence-corrected chi connectivity index (χ4v) is 1.76. The van der Waals surface area contributed by atoms with Crippen molar-refractivity contribution < 1.29 is 18.4 Å². The normalized spacial score (nSPS) is 10.8. The van der Waals surface area contributed by atoms with Crippen LogP contribution >= 0.6 is 0 Å². The van der Waals surface area contributed by atoms with E-state index in [1.165, 1.54) is 12.4 Å². The molecule has 106 valence electrons. The van der Waals surface area contributed by atoms with Gasteiger partial charge in [-0.2, -0.15) is 4.98 Å². The Morgan fingerprint density at radius 1 is 1.24 bits per heavy atom. The summed E-state index contributed by atoms with van der Waals surface area (Å²) in [6, 6.07) is 2.33. The van der Waals surface area contributed by atoms with Gasteiger partial charge in [0.15, 0.2) is 5.52 Å². The van der Waals surface area contributed by atoms with Crippen molar-refractivity contribution in [2.75, 3.05) is 0 Å². The van der Waals surface area contributed by atoms with E-state index in [2.05, 4.69) is 15.0 Å². The minimum atomic E-state index is -0.821. The summed E-state index contributed by atoms with van der Waals surface area (Å²) in [5.41, 5.74) is 0.143. The molecule has 0 amide bonds. The number of ether oxygens (including phenoxy) is 1. The lowest BCUT2D eigenvalue weighted by molar-refractivity contribution is -0.383. The van der Waals surface area contributed by atoms with E-state index in [1.54, 1.807) is 0 Å². The Morgan fingerprint density at radius 2 is 1.95 bits per heavy atom. The molecule has 2 aromatic heterocycles. The number of aromatic nitrogens is 3. The van der Waals surface area contributed by atoms with Crippen LogP contribution in [0.4, 0.5) is 14.5 Å². The highest BCUT2D eigenvalue weighted by Gasteiger charge is 2.17. The van der Waals surface area contributed by atoms with Gasteiger partial charge >= 0.3 is 11.7 Å². The summed E-state index contributed by atoms with van der Waals surface area (Å²) in [6.07, 6.45) is 2.45. The molecule has 2 heterocycles. The van der Waals surface area contributed by atoms with Gasteiger partial charge in [0.05, 0.1) is 22.8 Å². The van der Waals surface area contributed by atoms with Gasteiger partial charge in [-0.15, -0.1) is 0 Å². The molecule has 3 rings (SSSR count). The Hall–Kier alpha value is -3.10. The maximum absolute atomic E-state index is 13.0. The Labute approximate surface area is 115 Å². The van der Waals surface area contributed by atoms with Crippen LogP contribution in [0.2, 0.25) is 0 Å². The first-order valence-corrected chi connectivity index (χ1v) is 5.65. The summed E-state index contributed by atoms with van der Waals surface area (Å²) in [4.78, 5) is 20.5. The summed E-state index contributed by atoms with van der Waals surface area (Å²) in [5, 5.41) is 10.8. The Kier molecular flexibility index (Phi) is 2.94. The molecule has 0 saturated heterocycles. The van der Waals surface area contributed by atoms with Gasteiger partial charge < -0.3 is 9.72 Å². The van der Waals surface area contributed by atoms with Crippen molar-refractivity contribution in [3.63, 3.8) is 0 Å². The number of benzene rings is 1. The number of fused-ring (bicyclic) bond motifs is 1. The van der Waals surface area contributed by atoms with Crippen LogP contribution < -0.4 is 4.74 Å². The molecule has 0 aliphatic rings. The third kappa shape index (κ3) is 2.48. The average Bonchev–Trinajstić information content (AvgIpc) is 2.80. The van der Waals surface area contributed by atoms with E-state index in [0.717, 1.165) is 12.1 Å². The molecule has 21 heavy (non-hydrogen) atoms. The number of nitrogens with zero attached hydrogens (tertiary/aromatic N) is 3. The van der Waals surface area contributed by atoms with Crippen LogP contribution in [0, 0.1) is 21.7 Å². The summed E-state index contributed by atoms with van der Waals surface area (Å²) < 4.78 is 31.2. The summed E-state index contributed by atoms with van der Waals surface area (Å²) in [6.45, 7) is 0.